The first kappa shape index (κ1) is 60.2. The molecule has 0 bridgehead atoms. The van der Waals surface area contributed by atoms with E-state index in [1.165, 1.54) is 0 Å². The molecule has 7 N–H and O–H groups in total. The fourth-order valence-electron chi connectivity index (χ4n) is 6.15. The number of ether oxygens (including phenoxy) is 2. The molecule has 0 radical (unpaired) electrons. The van der Waals surface area contributed by atoms with Crippen molar-refractivity contribution in [2.75, 3.05) is 13.2 Å². The Morgan fingerprint density at radius 1 is 0.545 bits per heavy atom. The molecule has 0 aromatic rings. The number of phosphoric acid groups is 1. The van der Waals surface area contributed by atoms with E-state index in [1.54, 1.807) is 6.08 Å². The Hall–Kier alpha value is -3.79. The van der Waals surface area contributed by atoms with Gasteiger partial charge in [0.05, 0.1) is 12.7 Å². The number of hydrogen-bond donors (Lipinski definition) is 7. The number of aliphatic hydroxyl groups excluding tert-OH is 6. The van der Waals surface area contributed by atoms with Crippen LogP contribution in [0.3, 0.4) is 0 Å². The number of phosphoric ester groups is 1. The van der Waals surface area contributed by atoms with E-state index in [9.17, 15) is 49.7 Å². The van der Waals surface area contributed by atoms with Crippen molar-refractivity contribution >= 4 is 19.8 Å². The minimum absolute atomic E-state index is 0.00480. The Bertz CT molecular complexity index is 1630. The van der Waals surface area contributed by atoms with E-state index < -0.39 is 81.8 Å². The molecule has 9 atom stereocenters. The minimum atomic E-state index is -5.16. The van der Waals surface area contributed by atoms with Crippen molar-refractivity contribution in [3.63, 3.8) is 0 Å². The smallest absolute Gasteiger partial charge is 0.462 e. The zero-order valence-electron chi connectivity index (χ0n) is 39.0. The molecular formula is C51H79O14P. The molecule has 1 rings (SSSR count). The van der Waals surface area contributed by atoms with E-state index in [0.717, 1.165) is 64.2 Å². The molecule has 1 fully saturated rings. The number of aliphatic hydroxyl groups is 6. The van der Waals surface area contributed by atoms with Gasteiger partial charge < -0.3 is 45.0 Å². The van der Waals surface area contributed by atoms with Crippen LogP contribution < -0.4 is 0 Å². The first-order valence-electron chi connectivity index (χ1n) is 23.4. The summed E-state index contributed by atoms with van der Waals surface area (Å²) in [5, 5.41) is 60.2. The highest BCUT2D eigenvalue weighted by molar-refractivity contribution is 7.47. The van der Waals surface area contributed by atoms with Crippen LogP contribution in [0.5, 0.6) is 0 Å². The molecule has 15 heteroatoms. The Morgan fingerprint density at radius 3 is 1.61 bits per heavy atom. The van der Waals surface area contributed by atoms with Crippen molar-refractivity contribution in [2.24, 2.45) is 0 Å². The molecule has 66 heavy (non-hydrogen) atoms. The van der Waals surface area contributed by atoms with Gasteiger partial charge in [0.25, 0.3) is 0 Å². The van der Waals surface area contributed by atoms with Crippen LogP contribution in [-0.4, -0.2) is 110 Å². The Labute approximate surface area is 393 Å². The Balaban J connectivity index is 2.56. The molecule has 1 aliphatic rings. The molecule has 4 unspecified atom stereocenters. The number of allylic oxidation sites excluding steroid dienone is 18. The number of hydrogen-bond acceptors (Lipinski definition) is 13. The lowest BCUT2D eigenvalue weighted by atomic mass is 9.85. The molecule has 0 saturated heterocycles. The van der Waals surface area contributed by atoms with Gasteiger partial charge in [-0.05, 0) is 83.5 Å². The van der Waals surface area contributed by atoms with Crippen LogP contribution in [0.2, 0.25) is 0 Å². The first-order chi connectivity index (χ1) is 31.8. The van der Waals surface area contributed by atoms with Crippen molar-refractivity contribution in [3.05, 3.63) is 122 Å². The third kappa shape index (κ3) is 31.2. The average molecular weight is 947 g/mol. The maximum atomic E-state index is 12.8. The van der Waals surface area contributed by atoms with Gasteiger partial charge in [-0.15, -0.1) is 0 Å². The van der Waals surface area contributed by atoms with Crippen LogP contribution >= 0.6 is 7.82 Å². The molecular weight excluding hydrogens is 868 g/mol. The van der Waals surface area contributed by atoms with E-state index in [1.807, 2.05) is 54.7 Å². The predicted octanol–water partition coefficient (Wildman–Crippen LogP) is 8.36. The van der Waals surface area contributed by atoms with E-state index in [2.05, 4.69) is 74.6 Å². The van der Waals surface area contributed by atoms with Gasteiger partial charge in [-0.2, -0.15) is 0 Å². The summed E-state index contributed by atoms with van der Waals surface area (Å²) in [6.45, 7) is 2.90. The van der Waals surface area contributed by atoms with Crippen LogP contribution in [0.1, 0.15) is 123 Å². The van der Waals surface area contributed by atoms with Gasteiger partial charge in [0.2, 0.25) is 0 Å². The largest absolute Gasteiger partial charge is 0.472 e. The van der Waals surface area contributed by atoms with Crippen molar-refractivity contribution in [3.8, 4) is 0 Å². The number of carbonyl (C=O) groups excluding carboxylic acids is 2. The highest BCUT2D eigenvalue weighted by Crippen LogP contribution is 2.47. The number of esters is 2. The zero-order chi connectivity index (χ0) is 48.7. The fraction of sp³-hybridized carbons (Fsp3) is 0.569. The van der Waals surface area contributed by atoms with Crippen LogP contribution in [0, 0.1) is 0 Å². The number of carbonyl (C=O) groups is 2. The lowest BCUT2D eigenvalue weighted by molar-refractivity contribution is -0.220. The maximum absolute atomic E-state index is 12.8. The second-order valence-electron chi connectivity index (χ2n) is 15.7. The molecule has 0 aromatic carbocycles. The van der Waals surface area contributed by atoms with Crippen LogP contribution in [0.25, 0.3) is 0 Å². The molecule has 372 valence electrons. The van der Waals surface area contributed by atoms with Gasteiger partial charge in [-0.3, -0.25) is 18.6 Å². The van der Waals surface area contributed by atoms with Crippen molar-refractivity contribution in [2.45, 2.75) is 172 Å². The third-order valence-electron chi connectivity index (χ3n) is 9.89. The number of unbranched alkanes of at least 4 members (excludes halogenated alkanes) is 4. The second-order valence-corrected chi connectivity index (χ2v) is 17.1. The van der Waals surface area contributed by atoms with E-state index in [0.29, 0.717) is 32.1 Å². The summed E-state index contributed by atoms with van der Waals surface area (Å²) in [5.74, 6) is -1.27. The monoisotopic (exact) mass is 947 g/mol. The van der Waals surface area contributed by atoms with Gasteiger partial charge in [-0.25, -0.2) is 4.57 Å². The SMILES string of the molecule is CC/C=C\C/C=C\C/C=C\C/C=C\CCCCCCC(=O)O[C@H](COC(=O)CC/C=C\C/C=C\C/C=C\C=C\C(O)C/C=C\C/C=C\CC)COP(=O)(O)OC1[C@H](O)[C@H](O)C(O)[C@H](O)[C@H]1O. The van der Waals surface area contributed by atoms with Crippen LogP contribution in [-0.2, 0) is 32.7 Å². The van der Waals surface area contributed by atoms with Crippen molar-refractivity contribution < 1.29 is 68.2 Å². The molecule has 0 amide bonds. The van der Waals surface area contributed by atoms with Gasteiger partial charge >= 0.3 is 19.8 Å². The third-order valence-corrected chi connectivity index (χ3v) is 10.9. The van der Waals surface area contributed by atoms with Crippen molar-refractivity contribution in [1.82, 2.24) is 0 Å². The normalized spacial score (nSPS) is 22.9. The lowest BCUT2D eigenvalue weighted by Crippen LogP contribution is -2.64. The zero-order valence-corrected chi connectivity index (χ0v) is 39.9. The topological polar surface area (TPSA) is 230 Å². The second kappa shape index (κ2) is 39.2. The van der Waals surface area contributed by atoms with Gasteiger partial charge in [0.15, 0.2) is 6.10 Å². The highest BCUT2D eigenvalue weighted by atomic mass is 31.2. The number of rotatable bonds is 36. The standard InChI is InChI=1S/C51H79O14P/c1-3-5-7-9-11-12-13-14-15-16-17-18-19-24-27-31-35-39-45(54)64-43(41-63-66(60,61)65-51-49(58)47(56)46(55)48(57)50(51)59)40-62-44(53)38-34-30-26-23-21-20-22-25-29-33-37-42(52)36-32-28-10-8-6-4-2/h5-8,11-12,14-15,17-18,20-21,25-26,28-30,32-33,37,42-43,46-52,55-59H,3-4,9-10,13,16,19,22-24,27,31,34-36,38-41H2,1-2H3,(H,60,61)/b7-5-,8-6-,12-11-,15-14-,18-17-,21-20-,29-25-,30-26-,32-28-,37-33+/t42?,43-,46?,47-,48+,49-,50-,51?/m1/s1. The Kier molecular flexibility index (Phi) is 35.8. The summed E-state index contributed by atoms with van der Waals surface area (Å²) in [4.78, 5) is 35.7. The first-order valence-corrected chi connectivity index (χ1v) is 24.9. The average Bonchev–Trinajstić information content (AvgIpc) is 3.29. The Morgan fingerprint density at radius 2 is 1.03 bits per heavy atom. The highest BCUT2D eigenvalue weighted by Gasteiger charge is 2.51. The predicted molar refractivity (Wildman–Crippen MR) is 259 cm³/mol. The molecule has 0 heterocycles. The summed E-state index contributed by atoms with van der Waals surface area (Å²) in [5.41, 5.74) is 0. The summed E-state index contributed by atoms with van der Waals surface area (Å²) in [6.07, 6.45) is 38.5. The van der Waals surface area contributed by atoms with Gasteiger partial charge in [0, 0.05) is 12.8 Å². The van der Waals surface area contributed by atoms with E-state index in [4.69, 9.17) is 18.5 Å². The molecule has 1 aliphatic carbocycles. The summed E-state index contributed by atoms with van der Waals surface area (Å²) < 4.78 is 33.4. The molecule has 0 aromatic heterocycles. The van der Waals surface area contributed by atoms with Gasteiger partial charge in [-0.1, -0.05) is 148 Å². The summed E-state index contributed by atoms with van der Waals surface area (Å²) >= 11 is 0. The van der Waals surface area contributed by atoms with Gasteiger partial charge in [0.1, 0.15) is 43.2 Å². The maximum Gasteiger partial charge on any atom is 0.472 e. The van der Waals surface area contributed by atoms with Crippen molar-refractivity contribution in [1.29, 1.82) is 0 Å². The summed E-state index contributed by atoms with van der Waals surface area (Å²) in [6, 6.07) is 0. The fourth-order valence-corrected chi connectivity index (χ4v) is 7.12. The van der Waals surface area contributed by atoms with Crippen LogP contribution in [0.15, 0.2) is 122 Å². The quantitative estimate of drug-likeness (QED) is 0.0103. The van der Waals surface area contributed by atoms with Crippen LogP contribution in [0.4, 0.5) is 0 Å². The lowest BCUT2D eigenvalue weighted by Gasteiger charge is -2.41. The van der Waals surface area contributed by atoms with E-state index >= 15 is 0 Å². The molecule has 0 spiro atoms. The molecule has 0 aliphatic heterocycles. The minimum Gasteiger partial charge on any atom is -0.462 e. The molecule has 14 nitrogen and oxygen atoms in total. The van der Waals surface area contributed by atoms with E-state index in [-0.39, 0.29) is 12.8 Å². The summed E-state index contributed by atoms with van der Waals surface area (Å²) in [7, 11) is -5.16. The molecule has 1 saturated carbocycles.